The van der Waals surface area contributed by atoms with E-state index in [2.05, 4.69) is 16.0 Å². The number of hydrogen-bond acceptors (Lipinski definition) is 3. The van der Waals surface area contributed by atoms with Crippen molar-refractivity contribution in [3.8, 4) is 5.69 Å². The van der Waals surface area contributed by atoms with E-state index in [1.807, 2.05) is 26.0 Å². The molecule has 0 unspecified atom stereocenters. The van der Waals surface area contributed by atoms with E-state index >= 15 is 0 Å². The Morgan fingerprint density at radius 2 is 1.90 bits per heavy atom. The first-order valence-electron chi connectivity index (χ1n) is 6.25. The van der Waals surface area contributed by atoms with Gasteiger partial charge in [0.15, 0.2) is 4.77 Å². The minimum Gasteiger partial charge on any atom is -0.316 e. The lowest BCUT2D eigenvalue weighted by Gasteiger charge is -2.09. The third kappa shape index (κ3) is 2.06. The molecule has 0 amide bonds. The minimum absolute atomic E-state index is 0.151. The fourth-order valence-corrected chi connectivity index (χ4v) is 2.65. The molecule has 1 aromatic carbocycles. The van der Waals surface area contributed by atoms with Crippen molar-refractivity contribution < 1.29 is 0 Å². The molecule has 2 aromatic heterocycles. The summed E-state index contributed by atoms with van der Waals surface area (Å²) in [6, 6.07) is 9.44. The molecule has 0 aliphatic rings. The summed E-state index contributed by atoms with van der Waals surface area (Å²) in [7, 11) is 0. The third-order valence-electron chi connectivity index (χ3n) is 3.13. The maximum atomic E-state index is 12.6. The Hall–Kier alpha value is -2.27. The first-order chi connectivity index (χ1) is 9.56. The second-order valence-corrected chi connectivity index (χ2v) is 5.20. The summed E-state index contributed by atoms with van der Waals surface area (Å²) < 4.78 is 1.87. The first-order valence-corrected chi connectivity index (χ1v) is 6.66. The zero-order chi connectivity index (χ0) is 14.3. The van der Waals surface area contributed by atoms with Gasteiger partial charge in [-0.15, -0.1) is 0 Å². The fourth-order valence-electron chi connectivity index (χ4n) is 2.36. The Kier molecular flexibility index (Phi) is 2.99. The number of aromatic nitrogens is 3. The molecular formula is C15H13N3OS. The number of fused-ring (bicyclic) bond motifs is 1. The van der Waals surface area contributed by atoms with Crippen LogP contribution in [-0.4, -0.2) is 14.5 Å². The molecule has 0 aliphatic carbocycles. The summed E-state index contributed by atoms with van der Waals surface area (Å²) in [5, 5.41) is 0.528. The average molecular weight is 283 g/mol. The van der Waals surface area contributed by atoms with Gasteiger partial charge < -0.3 is 4.98 Å². The Morgan fingerprint density at radius 1 is 1.20 bits per heavy atom. The number of rotatable bonds is 1. The van der Waals surface area contributed by atoms with E-state index in [4.69, 9.17) is 12.2 Å². The molecule has 20 heavy (non-hydrogen) atoms. The van der Waals surface area contributed by atoms with Crippen LogP contribution in [0.5, 0.6) is 0 Å². The molecule has 0 aliphatic heterocycles. The van der Waals surface area contributed by atoms with Crippen molar-refractivity contribution in [1.82, 2.24) is 14.5 Å². The second-order valence-electron chi connectivity index (χ2n) is 4.82. The van der Waals surface area contributed by atoms with Gasteiger partial charge in [0.2, 0.25) is 0 Å². The number of benzene rings is 1. The van der Waals surface area contributed by atoms with Gasteiger partial charge in [0, 0.05) is 6.20 Å². The molecule has 0 atom stereocenters. The SMILES string of the molecule is Cc1cc(C)cc(-n2c(=S)[nH]c3ncccc3c2=O)c1. The van der Waals surface area contributed by atoms with Gasteiger partial charge >= 0.3 is 0 Å². The van der Waals surface area contributed by atoms with Crippen LogP contribution in [0, 0.1) is 18.6 Å². The van der Waals surface area contributed by atoms with Crippen LogP contribution >= 0.6 is 12.2 Å². The normalized spacial score (nSPS) is 10.9. The molecule has 100 valence electrons. The molecule has 0 saturated carbocycles. The molecule has 0 bridgehead atoms. The number of nitrogens with zero attached hydrogens (tertiary/aromatic N) is 2. The van der Waals surface area contributed by atoms with Gasteiger partial charge in [-0.05, 0) is 61.5 Å². The highest BCUT2D eigenvalue weighted by atomic mass is 32.1. The molecule has 0 saturated heterocycles. The molecule has 2 heterocycles. The van der Waals surface area contributed by atoms with Gasteiger partial charge in [0.05, 0.1) is 11.1 Å². The highest BCUT2D eigenvalue weighted by Gasteiger charge is 2.08. The lowest BCUT2D eigenvalue weighted by molar-refractivity contribution is 0.930. The molecule has 3 rings (SSSR count). The summed E-state index contributed by atoms with van der Waals surface area (Å²) in [5.41, 5.74) is 3.32. The highest BCUT2D eigenvalue weighted by molar-refractivity contribution is 7.71. The molecule has 3 aromatic rings. The third-order valence-corrected chi connectivity index (χ3v) is 3.42. The molecule has 0 fully saturated rings. The predicted octanol–water partition coefficient (Wildman–Crippen LogP) is 3.06. The standard InChI is InChI=1S/C15H13N3OS/c1-9-6-10(2)8-11(7-9)18-14(19)12-4-3-5-16-13(12)17-15(18)20/h3-8H,1-2H3,(H,16,17,20). The second kappa shape index (κ2) is 4.68. The Labute approximate surface area is 120 Å². The van der Waals surface area contributed by atoms with Crippen LogP contribution in [0.15, 0.2) is 41.3 Å². The van der Waals surface area contributed by atoms with E-state index in [0.29, 0.717) is 15.8 Å². The van der Waals surface area contributed by atoms with Crippen molar-refractivity contribution in [3.05, 3.63) is 62.8 Å². The van der Waals surface area contributed by atoms with E-state index in [1.54, 1.807) is 18.3 Å². The zero-order valence-electron chi connectivity index (χ0n) is 11.2. The summed E-state index contributed by atoms with van der Waals surface area (Å²) in [6.07, 6.45) is 1.63. The lowest BCUT2D eigenvalue weighted by Crippen LogP contribution is -2.21. The van der Waals surface area contributed by atoms with Crippen molar-refractivity contribution in [1.29, 1.82) is 0 Å². The topological polar surface area (TPSA) is 50.7 Å². The van der Waals surface area contributed by atoms with Crippen molar-refractivity contribution in [2.75, 3.05) is 0 Å². The number of aromatic amines is 1. The van der Waals surface area contributed by atoms with E-state index in [9.17, 15) is 4.79 Å². The number of H-pyrrole nitrogens is 1. The zero-order valence-corrected chi connectivity index (χ0v) is 12.0. The Morgan fingerprint density at radius 3 is 2.60 bits per heavy atom. The van der Waals surface area contributed by atoms with Crippen LogP contribution < -0.4 is 5.56 Å². The van der Waals surface area contributed by atoms with Crippen LogP contribution in [-0.2, 0) is 0 Å². The van der Waals surface area contributed by atoms with Gasteiger partial charge in [-0.1, -0.05) is 6.07 Å². The fraction of sp³-hybridized carbons (Fsp3) is 0.133. The Balaban J connectivity index is 2.42. The van der Waals surface area contributed by atoms with E-state index in [-0.39, 0.29) is 5.56 Å². The highest BCUT2D eigenvalue weighted by Crippen LogP contribution is 2.13. The van der Waals surface area contributed by atoms with Crippen molar-refractivity contribution in [3.63, 3.8) is 0 Å². The Bertz CT molecular complexity index is 904. The largest absolute Gasteiger partial charge is 0.316 e. The van der Waals surface area contributed by atoms with Crippen LogP contribution in [0.3, 0.4) is 0 Å². The lowest BCUT2D eigenvalue weighted by atomic mass is 10.1. The molecule has 0 spiro atoms. The van der Waals surface area contributed by atoms with Crippen LogP contribution in [0.1, 0.15) is 11.1 Å². The van der Waals surface area contributed by atoms with Gasteiger partial charge in [0.25, 0.3) is 5.56 Å². The maximum Gasteiger partial charge on any atom is 0.268 e. The van der Waals surface area contributed by atoms with Crippen molar-refractivity contribution in [2.24, 2.45) is 0 Å². The predicted molar refractivity (Wildman–Crippen MR) is 82.0 cm³/mol. The van der Waals surface area contributed by atoms with Crippen molar-refractivity contribution in [2.45, 2.75) is 13.8 Å². The van der Waals surface area contributed by atoms with Gasteiger partial charge in [0.1, 0.15) is 5.65 Å². The average Bonchev–Trinajstić information content (AvgIpc) is 2.37. The van der Waals surface area contributed by atoms with Crippen LogP contribution in [0.25, 0.3) is 16.7 Å². The number of hydrogen-bond donors (Lipinski definition) is 1. The monoisotopic (exact) mass is 283 g/mol. The number of pyridine rings is 1. The van der Waals surface area contributed by atoms with Gasteiger partial charge in [-0.25, -0.2) is 4.98 Å². The summed E-state index contributed by atoms with van der Waals surface area (Å²) in [4.78, 5) is 19.7. The molecule has 0 radical (unpaired) electrons. The van der Waals surface area contributed by atoms with Crippen molar-refractivity contribution >= 4 is 23.3 Å². The quantitative estimate of drug-likeness (QED) is 0.698. The molecule has 1 N–H and O–H groups in total. The summed E-state index contributed by atoms with van der Waals surface area (Å²) >= 11 is 5.30. The summed E-state index contributed by atoms with van der Waals surface area (Å²) in [6.45, 7) is 3.99. The molecule has 5 heteroatoms. The van der Waals surface area contributed by atoms with Crippen LogP contribution in [0.2, 0.25) is 0 Å². The number of aryl methyl sites for hydroxylation is 2. The first kappa shape index (κ1) is 12.7. The van der Waals surface area contributed by atoms with E-state index in [0.717, 1.165) is 16.8 Å². The maximum absolute atomic E-state index is 12.6. The molecule has 4 nitrogen and oxygen atoms in total. The van der Waals surface area contributed by atoms with Gasteiger partial charge in [-0.3, -0.25) is 9.36 Å². The van der Waals surface area contributed by atoms with E-state index < -0.39 is 0 Å². The molecular weight excluding hydrogens is 270 g/mol. The smallest absolute Gasteiger partial charge is 0.268 e. The van der Waals surface area contributed by atoms with Gasteiger partial charge in [-0.2, -0.15) is 0 Å². The number of nitrogens with one attached hydrogen (secondary N) is 1. The summed E-state index contributed by atoms with van der Waals surface area (Å²) in [5.74, 6) is 0. The van der Waals surface area contributed by atoms with E-state index in [1.165, 1.54) is 4.57 Å². The minimum atomic E-state index is -0.151. The van der Waals surface area contributed by atoms with Crippen LogP contribution in [0.4, 0.5) is 0 Å².